The summed E-state index contributed by atoms with van der Waals surface area (Å²) in [6.45, 7) is 5.80. The number of anilines is 1. The summed E-state index contributed by atoms with van der Waals surface area (Å²) in [5.41, 5.74) is 1.86. The molecule has 0 aromatic carbocycles. The molecule has 1 rings (SSSR count). The molecule has 1 amide bonds. The Morgan fingerprint density at radius 3 is 2.63 bits per heavy atom. The van der Waals surface area contributed by atoms with Crippen molar-refractivity contribution in [2.24, 2.45) is 0 Å². The number of hydrogen-bond donors (Lipinski definition) is 1. The van der Waals surface area contributed by atoms with E-state index in [9.17, 15) is 4.79 Å². The lowest BCUT2D eigenvalue weighted by Crippen LogP contribution is -2.02. The predicted molar refractivity (Wildman–Crippen MR) is 80.5 cm³/mol. The third-order valence-corrected chi connectivity index (χ3v) is 2.41. The largest absolute Gasteiger partial charge is 0.313 e. The highest BCUT2D eigenvalue weighted by Crippen LogP contribution is 2.25. The fourth-order valence-corrected chi connectivity index (χ4v) is 1.64. The maximum Gasteiger partial charge on any atom is 0.212 e. The van der Waals surface area contributed by atoms with Crippen LogP contribution in [0.3, 0.4) is 0 Å². The van der Waals surface area contributed by atoms with Gasteiger partial charge in [-0.2, -0.15) is 5.10 Å². The van der Waals surface area contributed by atoms with Gasteiger partial charge in [-0.3, -0.25) is 4.79 Å². The topological polar surface area (TPSA) is 46.9 Å². The molecule has 0 aliphatic heterocycles. The molecule has 1 heterocycles. The first-order valence-corrected chi connectivity index (χ1v) is 6.15. The fraction of sp³-hybridized carbons (Fsp3) is 0.200. The van der Waals surface area contributed by atoms with Gasteiger partial charge in [0.05, 0.1) is 6.20 Å². The number of carbonyl (C=O) groups is 1. The molecule has 0 spiro atoms. The smallest absolute Gasteiger partial charge is 0.212 e. The number of rotatable bonds is 6. The molecular weight excluding hydrogens is 238 g/mol. The molecule has 0 radical (unpaired) electrons. The quantitative estimate of drug-likeness (QED) is 0.626. The van der Waals surface area contributed by atoms with E-state index in [1.165, 1.54) is 0 Å². The van der Waals surface area contributed by atoms with Gasteiger partial charge in [-0.25, -0.2) is 4.68 Å². The molecule has 1 aromatic rings. The molecular formula is C15H19N3O. The minimum absolute atomic E-state index is 0.655. The van der Waals surface area contributed by atoms with Crippen LogP contribution in [0.1, 0.15) is 26.3 Å². The van der Waals surface area contributed by atoms with Gasteiger partial charge in [-0.1, -0.05) is 36.5 Å². The summed E-state index contributed by atoms with van der Waals surface area (Å²) >= 11 is 0. The first kappa shape index (κ1) is 14.7. The highest BCUT2D eigenvalue weighted by Gasteiger charge is 2.10. The standard InChI is InChI=1S/C15H19N3O/c1-4-7-9-13(8-5-2)14-11-17-18(10-6-3)15(14)16-12-19/h4-12H,1-3H3,(H,16,19)/b7-4?,8-5-,10-6-,13-9+. The van der Waals surface area contributed by atoms with Crippen LogP contribution in [-0.2, 0) is 4.79 Å². The van der Waals surface area contributed by atoms with Crippen molar-refractivity contribution < 1.29 is 4.79 Å². The SMILES string of the molecule is CC=C/C=C(\C=C/C)c1cnn(/C=C\C)c1NC=O. The average Bonchev–Trinajstić information content (AvgIpc) is 2.79. The molecule has 0 aliphatic carbocycles. The summed E-state index contributed by atoms with van der Waals surface area (Å²) in [6, 6.07) is 0. The van der Waals surface area contributed by atoms with Crippen molar-refractivity contribution in [2.75, 3.05) is 5.32 Å². The lowest BCUT2D eigenvalue weighted by molar-refractivity contribution is -0.105. The Kier molecular flexibility index (Phi) is 6.09. The molecule has 0 aliphatic rings. The van der Waals surface area contributed by atoms with Crippen LogP contribution in [0.4, 0.5) is 5.82 Å². The Bertz CT molecular complexity index is 534. The number of allylic oxidation sites excluding steroid dienone is 7. The van der Waals surface area contributed by atoms with Crippen molar-refractivity contribution in [3.63, 3.8) is 0 Å². The summed E-state index contributed by atoms with van der Waals surface area (Å²) in [4.78, 5) is 10.7. The first-order chi connectivity index (χ1) is 9.28. The summed E-state index contributed by atoms with van der Waals surface area (Å²) in [7, 11) is 0. The Morgan fingerprint density at radius 2 is 2.05 bits per heavy atom. The van der Waals surface area contributed by atoms with Crippen molar-refractivity contribution in [1.29, 1.82) is 0 Å². The maximum absolute atomic E-state index is 10.7. The van der Waals surface area contributed by atoms with Gasteiger partial charge in [0.25, 0.3) is 0 Å². The second-order valence-electron chi connectivity index (χ2n) is 3.74. The van der Waals surface area contributed by atoms with Gasteiger partial charge in [-0.05, 0) is 26.3 Å². The van der Waals surface area contributed by atoms with Gasteiger partial charge in [0.1, 0.15) is 5.82 Å². The zero-order valence-corrected chi connectivity index (χ0v) is 11.5. The highest BCUT2D eigenvalue weighted by molar-refractivity contribution is 5.86. The molecule has 0 atom stereocenters. The molecule has 0 fully saturated rings. The van der Waals surface area contributed by atoms with Gasteiger partial charge < -0.3 is 5.32 Å². The van der Waals surface area contributed by atoms with Gasteiger partial charge in [0.2, 0.25) is 6.41 Å². The third-order valence-electron chi connectivity index (χ3n) is 2.41. The van der Waals surface area contributed by atoms with Crippen LogP contribution in [0.5, 0.6) is 0 Å². The van der Waals surface area contributed by atoms with Crippen molar-refractivity contribution in [3.05, 3.63) is 48.2 Å². The molecule has 100 valence electrons. The molecule has 4 heteroatoms. The van der Waals surface area contributed by atoms with E-state index in [2.05, 4.69) is 10.4 Å². The average molecular weight is 257 g/mol. The summed E-state index contributed by atoms with van der Waals surface area (Å²) in [5, 5.41) is 6.94. The van der Waals surface area contributed by atoms with E-state index >= 15 is 0 Å². The van der Waals surface area contributed by atoms with Crippen LogP contribution in [0.15, 0.2) is 42.7 Å². The van der Waals surface area contributed by atoms with Gasteiger partial charge in [-0.15, -0.1) is 0 Å². The van der Waals surface area contributed by atoms with Crippen LogP contribution in [0, 0.1) is 0 Å². The van der Waals surface area contributed by atoms with Crippen molar-refractivity contribution >= 4 is 24.0 Å². The monoisotopic (exact) mass is 257 g/mol. The van der Waals surface area contributed by atoms with E-state index in [1.807, 2.05) is 57.2 Å². The molecule has 19 heavy (non-hydrogen) atoms. The lowest BCUT2D eigenvalue weighted by Gasteiger charge is -2.05. The molecule has 0 saturated carbocycles. The number of hydrogen-bond acceptors (Lipinski definition) is 2. The second kappa shape index (κ2) is 7.87. The van der Waals surface area contributed by atoms with Crippen molar-refractivity contribution in [1.82, 2.24) is 9.78 Å². The van der Waals surface area contributed by atoms with Crippen LogP contribution >= 0.6 is 0 Å². The number of nitrogens with one attached hydrogen (secondary N) is 1. The minimum atomic E-state index is 0.655. The molecule has 0 saturated heterocycles. The normalized spacial score (nSPS) is 12.9. The molecule has 4 nitrogen and oxygen atoms in total. The first-order valence-electron chi connectivity index (χ1n) is 6.15. The number of amides is 1. The lowest BCUT2D eigenvalue weighted by atomic mass is 10.1. The van der Waals surface area contributed by atoms with Crippen LogP contribution in [0.2, 0.25) is 0 Å². The summed E-state index contributed by atoms with van der Waals surface area (Å²) in [5.74, 6) is 0.655. The van der Waals surface area contributed by atoms with E-state index in [-0.39, 0.29) is 0 Å². The van der Waals surface area contributed by atoms with Crippen molar-refractivity contribution in [3.8, 4) is 0 Å². The van der Waals surface area contributed by atoms with E-state index in [1.54, 1.807) is 17.1 Å². The Balaban J connectivity index is 3.33. The van der Waals surface area contributed by atoms with Crippen LogP contribution in [-0.4, -0.2) is 16.2 Å². The van der Waals surface area contributed by atoms with E-state index < -0.39 is 0 Å². The molecule has 0 bridgehead atoms. The molecule has 1 aromatic heterocycles. The number of carbonyl (C=O) groups excluding carboxylic acids is 1. The molecule has 1 N–H and O–H groups in total. The van der Waals surface area contributed by atoms with Gasteiger partial charge in [0, 0.05) is 11.8 Å². The summed E-state index contributed by atoms with van der Waals surface area (Å²) < 4.78 is 1.64. The number of nitrogens with zero attached hydrogens (tertiary/aromatic N) is 2. The van der Waals surface area contributed by atoms with Gasteiger partial charge >= 0.3 is 0 Å². The van der Waals surface area contributed by atoms with Gasteiger partial charge in [0.15, 0.2) is 0 Å². The maximum atomic E-state index is 10.7. The highest BCUT2D eigenvalue weighted by atomic mass is 16.1. The fourth-order valence-electron chi connectivity index (χ4n) is 1.64. The van der Waals surface area contributed by atoms with E-state index in [0.717, 1.165) is 11.1 Å². The number of aromatic nitrogens is 2. The zero-order valence-electron chi connectivity index (χ0n) is 11.5. The second-order valence-corrected chi connectivity index (χ2v) is 3.74. The van der Waals surface area contributed by atoms with E-state index in [0.29, 0.717) is 12.2 Å². The Hall–Kier alpha value is -2.36. The minimum Gasteiger partial charge on any atom is -0.313 e. The Morgan fingerprint density at radius 1 is 1.26 bits per heavy atom. The molecule has 0 unspecified atom stereocenters. The van der Waals surface area contributed by atoms with Crippen molar-refractivity contribution in [2.45, 2.75) is 20.8 Å². The summed E-state index contributed by atoms with van der Waals surface area (Å²) in [6.07, 6.45) is 15.9. The van der Waals surface area contributed by atoms with Crippen LogP contribution < -0.4 is 5.32 Å². The predicted octanol–water partition coefficient (Wildman–Crippen LogP) is 3.48. The zero-order chi connectivity index (χ0) is 14.1. The Labute approximate surface area is 113 Å². The third kappa shape index (κ3) is 3.81. The van der Waals surface area contributed by atoms with E-state index in [4.69, 9.17) is 0 Å². The van der Waals surface area contributed by atoms with Crippen LogP contribution in [0.25, 0.3) is 11.8 Å².